The number of esters is 1. The van der Waals surface area contributed by atoms with Crippen molar-refractivity contribution in [2.24, 2.45) is 10.2 Å². The van der Waals surface area contributed by atoms with Gasteiger partial charge in [0.2, 0.25) is 0 Å². The van der Waals surface area contributed by atoms with Crippen LogP contribution in [0, 0.1) is 12.3 Å². The molecule has 0 aliphatic carbocycles. The summed E-state index contributed by atoms with van der Waals surface area (Å²) in [6.45, 7) is 3.33. The smallest absolute Gasteiger partial charge is 0.338 e. The van der Waals surface area contributed by atoms with E-state index in [1.807, 2.05) is 24.3 Å². The third-order valence-electron chi connectivity index (χ3n) is 5.69. The lowest BCUT2D eigenvalue weighted by Crippen LogP contribution is -2.05. The van der Waals surface area contributed by atoms with Gasteiger partial charge < -0.3 is 9.47 Å². The first-order valence-corrected chi connectivity index (χ1v) is 13.1. The molecule has 0 radical (unpaired) electrons. The van der Waals surface area contributed by atoms with Gasteiger partial charge in [0.05, 0.1) is 30.2 Å². The number of nitrogens with zero attached hydrogens (tertiary/aromatic N) is 2. The first-order valence-electron chi connectivity index (χ1n) is 13.1. The molecule has 35 heavy (non-hydrogen) atoms. The maximum atomic E-state index is 12.0. The Labute approximate surface area is 211 Å². The van der Waals surface area contributed by atoms with Gasteiger partial charge in [0, 0.05) is 6.42 Å². The SMILES string of the molecule is C#CCCCOC(=O)c1ccc(N=Nc2ccc(OCCCCCCCCCCCC)cc2)cc1. The van der Waals surface area contributed by atoms with E-state index >= 15 is 0 Å². The van der Waals surface area contributed by atoms with Crippen LogP contribution in [0.15, 0.2) is 58.8 Å². The summed E-state index contributed by atoms with van der Waals surface area (Å²) in [5.41, 5.74) is 1.89. The minimum absolute atomic E-state index is 0.323. The molecule has 0 aliphatic rings. The minimum Gasteiger partial charge on any atom is -0.494 e. The summed E-state index contributed by atoms with van der Waals surface area (Å²) < 4.78 is 11.0. The summed E-state index contributed by atoms with van der Waals surface area (Å²) in [6, 6.07) is 14.5. The normalized spacial score (nSPS) is 10.9. The zero-order chi connectivity index (χ0) is 25.0. The highest BCUT2D eigenvalue weighted by Gasteiger charge is 2.06. The second-order valence-electron chi connectivity index (χ2n) is 8.71. The van der Waals surface area contributed by atoms with Crippen LogP contribution in [-0.2, 0) is 4.74 Å². The van der Waals surface area contributed by atoms with Crippen molar-refractivity contribution in [3.63, 3.8) is 0 Å². The number of hydrogen-bond acceptors (Lipinski definition) is 5. The van der Waals surface area contributed by atoms with Crippen molar-refractivity contribution >= 4 is 17.3 Å². The standard InChI is InChI=1S/C30H40N2O3/c1-3-5-7-8-9-10-11-12-13-15-24-34-29-22-20-28(21-23-29)32-31-27-18-16-26(17-19-27)30(33)35-25-14-6-4-2/h2,16-23H,3,5-15,24-25H2,1H3. The number of ether oxygens (including phenoxy) is 2. The number of carbonyl (C=O) groups is 1. The molecular weight excluding hydrogens is 436 g/mol. The van der Waals surface area contributed by atoms with E-state index in [1.165, 1.54) is 57.8 Å². The summed E-state index contributed by atoms with van der Waals surface area (Å²) >= 11 is 0. The molecule has 188 valence electrons. The average Bonchev–Trinajstić information content (AvgIpc) is 2.89. The molecule has 0 atom stereocenters. The summed E-state index contributed by atoms with van der Waals surface area (Å²) in [4.78, 5) is 12.0. The van der Waals surface area contributed by atoms with Crippen LogP contribution in [0.2, 0.25) is 0 Å². The summed E-state index contributed by atoms with van der Waals surface area (Å²) in [7, 11) is 0. The average molecular weight is 477 g/mol. The molecule has 0 spiro atoms. The highest BCUT2D eigenvalue weighted by molar-refractivity contribution is 5.89. The zero-order valence-corrected chi connectivity index (χ0v) is 21.2. The number of unbranched alkanes of at least 4 members (excludes halogenated alkanes) is 10. The lowest BCUT2D eigenvalue weighted by molar-refractivity contribution is 0.0502. The lowest BCUT2D eigenvalue weighted by atomic mass is 10.1. The fourth-order valence-corrected chi connectivity index (χ4v) is 3.59. The fraction of sp³-hybridized carbons (Fsp3) is 0.500. The van der Waals surface area contributed by atoms with Crippen molar-refractivity contribution < 1.29 is 14.3 Å². The van der Waals surface area contributed by atoms with Crippen molar-refractivity contribution in [3.05, 3.63) is 54.1 Å². The lowest BCUT2D eigenvalue weighted by Gasteiger charge is -2.06. The molecule has 0 amide bonds. The van der Waals surface area contributed by atoms with Crippen LogP contribution in [0.3, 0.4) is 0 Å². The van der Waals surface area contributed by atoms with Gasteiger partial charge in [-0.15, -0.1) is 12.3 Å². The van der Waals surface area contributed by atoms with Crippen molar-refractivity contribution in [3.8, 4) is 18.1 Å². The molecule has 2 aromatic carbocycles. The minimum atomic E-state index is -0.362. The van der Waals surface area contributed by atoms with E-state index < -0.39 is 0 Å². The van der Waals surface area contributed by atoms with E-state index in [0.717, 1.165) is 24.5 Å². The van der Waals surface area contributed by atoms with Crippen LogP contribution in [0.1, 0.15) is 94.3 Å². The largest absolute Gasteiger partial charge is 0.494 e. The van der Waals surface area contributed by atoms with Gasteiger partial charge in [0.25, 0.3) is 0 Å². The Balaban J connectivity index is 1.62. The topological polar surface area (TPSA) is 60.2 Å². The molecule has 0 saturated carbocycles. The predicted octanol–water partition coefficient (Wildman–Crippen LogP) is 8.97. The Hall–Kier alpha value is -3.13. The third kappa shape index (κ3) is 12.8. The van der Waals surface area contributed by atoms with Crippen molar-refractivity contribution in [2.45, 2.75) is 84.0 Å². The van der Waals surface area contributed by atoms with Crippen LogP contribution in [0.25, 0.3) is 0 Å². The van der Waals surface area contributed by atoms with Gasteiger partial charge in [-0.1, -0.05) is 64.7 Å². The molecule has 0 N–H and O–H groups in total. The maximum absolute atomic E-state index is 12.0. The van der Waals surface area contributed by atoms with Gasteiger partial charge in [-0.3, -0.25) is 0 Å². The predicted molar refractivity (Wildman–Crippen MR) is 143 cm³/mol. The molecule has 0 saturated heterocycles. The van der Waals surface area contributed by atoms with Gasteiger partial charge in [0.15, 0.2) is 0 Å². The van der Waals surface area contributed by atoms with Gasteiger partial charge in [-0.2, -0.15) is 10.2 Å². The summed E-state index contributed by atoms with van der Waals surface area (Å²) in [5, 5.41) is 8.49. The first-order chi connectivity index (χ1) is 17.2. The third-order valence-corrected chi connectivity index (χ3v) is 5.69. The van der Waals surface area contributed by atoms with Crippen LogP contribution < -0.4 is 4.74 Å². The van der Waals surface area contributed by atoms with Gasteiger partial charge >= 0.3 is 5.97 Å². The van der Waals surface area contributed by atoms with Gasteiger partial charge in [0.1, 0.15) is 5.75 Å². The van der Waals surface area contributed by atoms with E-state index in [9.17, 15) is 4.79 Å². The van der Waals surface area contributed by atoms with Crippen LogP contribution >= 0.6 is 0 Å². The molecule has 2 rings (SSSR count). The Bertz CT molecular complexity index is 899. The number of azo groups is 1. The second kappa shape index (κ2) is 18.2. The van der Waals surface area contributed by atoms with E-state index in [2.05, 4.69) is 23.1 Å². The van der Waals surface area contributed by atoms with E-state index in [0.29, 0.717) is 30.7 Å². The van der Waals surface area contributed by atoms with Gasteiger partial charge in [-0.05, 0) is 61.4 Å². The van der Waals surface area contributed by atoms with E-state index in [-0.39, 0.29) is 5.97 Å². The highest BCUT2D eigenvalue weighted by atomic mass is 16.5. The van der Waals surface area contributed by atoms with Crippen LogP contribution in [0.4, 0.5) is 11.4 Å². The molecule has 5 heteroatoms. The molecule has 0 fully saturated rings. The quantitative estimate of drug-likeness (QED) is 0.0933. The monoisotopic (exact) mass is 476 g/mol. The highest BCUT2D eigenvalue weighted by Crippen LogP contribution is 2.22. The molecule has 0 aromatic heterocycles. The fourth-order valence-electron chi connectivity index (χ4n) is 3.59. The van der Waals surface area contributed by atoms with Crippen LogP contribution in [-0.4, -0.2) is 19.2 Å². The number of terminal acetylenes is 1. The second-order valence-corrected chi connectivity index (χ2v) is 8.71. The van der Waals surface area contributed by atoms with Crippen molar-refractivity contribution in [1.82, 2.24) is 0 Å². The summed E-state index contributed by atoms with van der Waals surface area (Å²) in [6.07, 6.45) is 19.6. The Kier molecular flexibility index (Phi) is 14.6. The van der Waals surface area contributed by atoms with E-state index in [1.54, 1.807) is 24.3 Å². The van der Waals surface area contributed by atoms with Gasteiger partial charge in [-0.25, -0.2) is 4.79 Å². The number of hydrogen-bond donors (Lipinski definition) is 0. The molecule has 0 heterocycles. The Morgan fingerprint density at radius 3 is 1.86 bits per heavy atom. The zero-order valence-electron chi connectivity index (χ0n) is 21.2. The molecule has 0 aliphatic heterocycles. The number of benzene rings is 2. The molecule has 0 unspecified atom stereocenters. The number of rotatable bonds is 18. The molecule has 0 bridgehead atoms. The molecule has 2 aromatic rings. The molecular formula is C30H40N2O3. The van der Waals surface area contributed by atoms with E-state index in [4.69, 9.17) is 15.9 Å². The Morgan fingerprint density at radius 1 is 0.743 bits per heavy atom. The van der Waals surface area contributed by atoms with Crippen molar-refractivity contribution in [1.29, 1.82) is 0 Å². The first kappa shape index (κ1) is 28.1. The maximum Gasteiger partial charge on any atom is 0.338 e. The van der Waals surface area contributed by atoms with Crippen LogP contribution in [0.5, 0.6) is 5.75 Å². The summed E-state index contributed by atoms with van der Waals surface area (Å²) in [5.74, 6) is 3.01. The molecule has 5 nitrogen and oxygen atoms in total. The number of carbonyl (C=O) groups excluding carboxylic acids is 1. The Morgan fingerprint density at radius 2 is 1.29 bits per heavy atom. The van der Waals surface area contributed by atoms with Crippen molar-refractivity contribution in [2.75, 3.05) is 13.2 Å².